The zero-order valence-corrected chi connectivity index (χ0v) is 17.3. The van der Waals surface area contributed by atoms with E-state index in [1.54, 1.807) is 6.20 Å². The third-order valence-electron chi connectivity index (χ3n) is 6.37. The normalized spacial score (nSPS) is 19.9. The first-order valence-corrected chi connectivity index (χ1v) is 10.8. The van der Waals surface area contributed by atoms with Gasteiger partial charge in [0.15, 0.2) is 11.5 Å². The van der Waals surface area contributed by atoms with Crippen LogP contribution in [0.5, 0.6) is 0 Å². The molecule has 0 amide bonds. The lowest BCUT2D eigenvalue weighted by atomic mass is 9.98. The van der Waals surface area contributed by atoms with Crippen molar-refractivity contribution in [3.63, 3.8) is 0 Å². The van der Waals surface area contributed by atoms with Crippen molar-refractivity contribution in [3.8, 4) is 11.3 Å². The Bertz CT molecular complexity index is 1420. The van der Waals surface area contributed by atoms with Crippen LogP contribution in [0.4, 0.5) is 17.2 Å². The van der Waals surface area contributed by atoms with E-state index >= 15 is 0 Å². The summed E-state index contributed by atoms with van der Waals surface area (Å²) in [4.78, 5) is 11.8. The second-order valence-electron chi connectivity index (χ2n) is 8.50. The Morgan fingerprint density at radius 2 is 1.91 bits per heavy atom. The molecule has 3 aromatic heterocycles. The van der Waals surface area contributed by atoms with Gasteiger partial charge in [0.1, 0.15) is 0 Å². The van der Waals surface area contributed by atoms with Crippen molar-refractivity contribution in [1.82, 2.24) is 24.6 Å². The molecule has 2 atom stereocenters. The summed E-state index contributed by atoms with van der Waals surface area (Å²) >= 11 is 0. The lowest BCUT2D eigenvalue weighted by Gasteiger charge is -2.48. The van der Waals surface area contributed by atoms with E-state index in [4.69, 9.17) is 9.72 Å². The van der Waals surface area contributed by atoms with Gasteiger partial charge < -0.3 is 19.4 Å². The summed E-state index contributed by atoms with van der Waals surface area (Å²) in [5, 5.41) is 11.7. The molecule has 8 rings (SSSR count). The van der Waals surface area contributed by atoms with Crippen LogP contribution in [0.1, 0.15) is 6.42 Å². The number of nitrogens with one attached hydrogen (secondary N) is 2. The molecule has 6 heterocycles. The summed E-state index contributed by atoms with van der Waals surface area (Å²) in [5.74, 6) is 0.720. The first kappa shape index (κ1) is 17.7. The second-order valence-corrected chi connectivity index (χ2v) is 8.50. The molecule has 8 heteroatoms. The number of H-pyrrole nitrogens is 1. The highest BCUT2D eigenvalue weighted by Crippen LogP contribution is 2.32. The van der Waals surface area contributed by atoms with Crippen molar-refractivity contribution in [2.45, 2.75) is 18.6 Å². The Balaban J connectivity index is 1.21. The molecule has 5 aromatic rings. The number of fused-ring (bicyclic) bond motifs is 4. The average Bonchev–Trinajstić information content (AvgIpc) is 3.48. The third kappa shape index (κ3) is 2.91. The number of anilines is 3. The fraction of sp³-hybridized carbons (Fsp3) is 0.208. The zero-order chi connectivity index (χ0) is 21.1. The largest absolute Gasteiger partial charge is 0.371 e. The van der Waals surface area contributed by atoms with Gasteiger partial charge in [-0.3, -0.25) is 5.10 Å². The van der Waals surface area contributed by atoms with Crippen LogP contribution in [-0.2, 0) is 4.74 Å². The fourth-order valence-corrected chi connectivity index (χ4v) is 4.71. The van der Waals surface area contributed by atoms with Gasteiger partial charge in [-0.1, -0.05) is 12.1 Å². The molecular weight excluding hydrogens is 402 g/mol. The summed E-state index contributed by atoms with van der Waals surface area (Å²) in [6.07, 6.45) is 9.54. The number of hydrogen-bond donors (Lipinski definition) is 2. The Kier molecular flexibility index (Phi) is 3.77. The van der Waals surface area contributed by atoms with Crippen molar-refractivity contribution in [3.05, 3.63) is 67.3 Å². The quantitative estimate of drug-likeness (QED) is 0.455. The van der Waals surface area contributed by atoms with Crippen LogP contribution in [0.25, 0.3) is 27.8 Å². The minimum absolute atomic E-state index is 0.396. The van der Waals surface area contributed by atoms with Gasteiger partial charge in [-0.15, -0.1) is 0 Å². The first-order chi connectivity index (χ1) is 15.8. The summed E-state index contributed by atoms with van der Waals surface area (Å²) in [5.41, 5.74) is 5.86. The number of piperidine rings is 1. The molecule has 3 aliphatic rings. The highest BCUT2D eigenvalue weighted by atomic mass is 16.5. The smallest absolute Gasteiger partial charge is 0.180 e. The predicted octanol–water partition coefficient (Wildman–Crippen LogP) is 3.99. The number of aromatic nitrogens is 5. The Morgan fingerprint density at radius 3 is 2.75 bits per heavy atom. The monoisotopic (exact) mass is 423 g/mol. The number of nitrogens with zero attached hydrogens (tertiary/aromatic N) is 5. The number of aromatic amines is 1. The lowest BCUT2D eigenvalue weighted by molar-refractivity contribution is -0.133. The topological polar surface area (TPSA) is 83.4 Å². The van der Waals surface area contributed by atoms with Gasteiger partial charge >= 0.3 is 0 Å². The van der Waals surface area contributed by atoms with Gasteiger partial charge in [0.2, 0.25) is 0 Å². The van der Waals surface area contributed by atoms with E-state index in [0.717, 1.165) is 52.4 Å². The Labute approximate surface area is 183 Å². The molecule has 32 heavy (non-hydrogen) atoms. The molecule has 3 aliphatic heterocycles. The molecule has 0 spiro atoms. The maximum Gasteiger partial charge on any atom is 0.180 e. The Hall–Kier alpha value is -3.91. The van der Waals surface area contributed by atoms with E-state index in [1.165, 1.54) is 12.1 Å². The van der Waals surface area contributed by atoms with Crippen LogP contribution in [0.2, 0.25) is 0 Å². The number of hydrogen-bond acceptors (Lipinski definition) is 6. The van der Waals surface area contributed by atoms with Gasteiger partial charge in [0, 0.05) is 60.4 Å². The summed E-state index contributed by atoms with van der Waals surface area (Å²) in [6, 6.07) is 14.7. The molecule has 0 radical (unpaired) electrons. The lowest BCUT2D eigenvalue weighted by Crippen LogP contribution is -2.57. The summed E-state index contributed by atoms with van der Waals surface area (Å²) in [7, 11) is 0. The molecule has 3 saturated heterocycles. The molecule has 2 bridgehead atoms. The van der Waals surface area contributed by atoms with Gasteiger partial charge in [0.25, 0.3) is 0 Å². The molecule has 0 saturated carbocycles. The van der Waals surface area contributed by atoms with Gasteiger partial charge in [0.05, 0.1) is 29.6 Å². The highest BCUT2D eigenvalue weighted by Gasteiger charge is 2.38. The SMILES string of the molecule is c1cn2cc(-c3ccc4cn[nH]c4c3)nc(Nc3ccc(N4CC5CC(C4)O5)cc3)c2n1. The van der Waals surface area contributed by atoms with Crippen LogP contribution in [0.15, 0.2) is 67.3 Å². The minimum atomic E-state index is 0.396. The third-order valence-corrected chi connectivity index (χ3v) is 6.37. The van der Waals surface area contributed by atoms with E-state index < -0.39 is 0 Å². The maximum atomic E-state index is 5.75. The zero-order valence-electron chi connectivity index (χ0n) is 17.3. The van der Waals surface area contributed by atoms with Crippen molar-refractivity contribution in [2.75, 3.05) is 23.3 Å². The molecule has 0 aliphatic carbocycles. The molecule has 2 unspecified atom stereocenters. The molecule has 3 fully saturated rings. The fourth-order valence-electron chi connectivity index (χ4n) is 4.71. The molecule has 8 nitrogen and oxygen atoms in total. The second kappa shape index (κ2) is 6.80. The van der Waals surface area contributed by atoms with Crippen LogP contribution in [0, 0.1) is 0 Å². The molecular formula is C24H21N7O. The highest BCUT2D eigenvalue weighted by molar-refractivity contribution is 5.84. The van der Waals surface area contributed by atoms with E-state index in [2.05, 4.69) is 67.9 Å². The first-order valence-electron chi connectivity index (χ1n) is 10.8. The van der Waals surface area contributed by atoms with Crippen LogP contribution >= 0.6 is 0 Å². The van der Waals surface area contributed by atoms with Crippen LogP contribution in [-0.4, -0.2) is 49.9 Å². The summed E-state index contributed by atoms with van der Waals surface area (Å²) in [6.45, 7) is 1.95. The van der Waals surface area contributed by atoms with Crippen molar-refractivity contribution >= 4 is 33.7 Å². The number of ether oxygens (including phenoxy) is 1. The molecule has 2 N–H and O–H groups in total. The molecule has 2 aromatic carbocycles. The van der Waals surface area contributed by atoms with Gasteiger partial charge in [-0.2, -0.15) is 5.10 Å². The van der Waals surface area contributed by atoms with Crippen molar-refractivity contribution in [2.24, 2.45) is 0 Å². The van der Waals surface area contributed by atoms with E-state index in [1.807, 2.05) is 23.0 Å². The average molecular weight is 423 g/mol. The maximum absolute atomic E-state index is 5.75. The van der Waals surface area contributed by atoms with Crippen LogP contribution < -0.4 is 10.2 Å². The minimum Gasteiger partial charge on any atom is -0.371 e. The van der Waals surface area contributed by atoms with Crippen LogP contribution in [0.3, 0.4) is 0 Å². The number of benzene rings is 2. The van der Waals surface area contributed by atoms with Gasteiger partial charge in [-0.25, -0.2) is 9.97 Å². The Morgan fingerprint density at radius 1 is 1.06 bits per heavy atom. The summed E-state index contributed by atoms with van der Waals surface area (Å²) < 4.78 is 7.75. The van der Waals surface area contributed by atoms with Gasteiger partial charge in [-0.05, 0) is 30.3 Å². The van der Waals surface area contributed by atoms with Crippen molar-refractivity contribution in [1.29, 1.82) is 0 Å². The number of rotatable bonds is 4. The van der Waals surface area contributed by atoms with E-state index in [-0.39, 0.29) is 0 Å². The number of morpholine rings is 1. The van der Waals surface area contributed by atoms with E-state index in [0.29, 0.717) is 12.2 Å². The standard InChI is InChI=1S/C24H21N7O/c1-2-16-11-26-29-21(16)9-15(1)22-14-30-8-7-25-24(30)23(28-22)27-17-3-5-18(6-4-17)31-12-19-10-20(13-31)32-19/h1-9,11,14,19-20H,10,12-13H2,(H,26,29)(H,27,28). The number of imidazole rings is 1. The molecule has 158 valence electrons. The predicted molar refractivity (Wildman–Crippen MR) is 123 cm³/mol. The van der Waals surface area contributed by atoms with E-state index in [9.17, 15) is 0 Å². The van der Waals surface area contributed by atoms with Crippen molar-refractivity contribution < 1.29 is 4.74 Å².